The van der Waals surface area contributed by atoms with Crippen LogP contribution in [0.4, 0.5) is 4.39 Å². The van der Waals surface area contributed by atoms with Crippen molar-refractivity contribution in [3.63, 3.8) is 0 Å². The fourth-order valence-corrected chi connectivity index (χ4v) is 1.55. The first-order valence-electron chi connectivity index (χ1n) is 4.24. The second-order valence-electron chi connectivity index (χ2n) is 2.89. The third kappa shape index (κ3) is 3.31. The van der Waals surface area contributed by atoms with Crippen LogP contribution in [0.5, 0.6) is 0 Å². The number of allylic oxidation sites excluding steroid dienone is 1. The maximum atomic E-state index is 13.4. The summed E-state index contributed by atoms with van der Waals surface area (Å²) in [4.78, 5) is 0. The van der Waals surface area contributed by atoms with E-state index in [1.807, 2.05) is 18.2 Å². The topological polar surface area (TPSA) is 0 Å². The molecule has 0 aliphatic rings. The Morgan fingerprint density at radius 3 is 2.92 bits per heavy atom. The maximum Gasteiger partial charge on any atom is 0.125 e. The normalized spacial score (nSPS) is 12.5. The van der Waals surface area contributed by atoms with Gasteiger partial charge in [0, 0.05) is 4.47 Å². The van der Waals surface area contributed by atoms with Crippen molar-refractivity contribution in [3.8, 4) is 0 Å². The Bertz CT molecular complexity index is 283. The number of rotatable bonds is 4. The lowest BCUT2D eigenvalue weighted by Crippen LogP contribution is -1.90. The summed E-state index contributed by atoms with van der Waals surface area (Å²) in [6.45, 7) is 3.57. The van der Waals surface area contributed by atoms with E-state index in [9.17, 15) is 4.39 Å². The summed E-state index contributed by atoms with van der Waals surface area (Å²) in [7, 11) is 0. The van der Waals surface area contributed by atoms with Crippen LogP contribution in [-0.2, 0) is 0 Å². The van der Waals surface area contributed by atoms with E-state index < -0.39 is 6.17 Å². The molecule has 0 fully saturated rings. The molecule has 0 bridgehead atoms. The SMILES string of the molecule is C=CCC[C@@H](F)c1cccc(Br)c1. The summed E-state index contributed by atoms with van der Waals surface area (Å²) in [6.07, 6.45) is 2.09. The number of hydrogen-bond acceptors (Lipinski definition) is 0. The van der Waals surface area contributed by atoms with Crippen LogP contribution in [-0.4, -0.2) is 0 Å². The van der Waals surface area contributed by atoms with Crippen molar-refractivity contribution in [2.45, 2.75) is 19.0 Å². The Kier molecular flexibility index (Phi) is 4.16. The van der Waals surface area contributed by atoms with Gasteiger partial charge in [-0.1, -0.05) is 34.1 Å². The van der Waals surface area contributed by atoms with Gasteiger partial charge in [0.2, 0.25) is 0 Å². The fraction of sp³-hybridized carbons (Fsp3) is 0.273. The van der Waals surface area contributed by atoms with E-state index in [0.717, 1.165) is 10.0 Å². The van der Waals surface area contributed by atoms with Gasteiger partial charge < -0.3 is 0 Å². The highest BCUT2D eigenvalue weighted by molar-refractivity contribution is 9.10. The van der Waals surface area contributed by atoms with Crippen LogP contribution in [0.1, 0.15) is 24.6 Å². The van der Waals surface area contributed by atoms with Crippen LogP contribution in [0.25, 0.3) is 0 Å². The molecule has 0 aliphatic heterocycles. The minimum atomic E-state index is -0.879. The molecule has 0 N–H and O–H groups in total. The highest BCUT2D eigenvalue weighted by atomic mass is 79.9. The summed E-state index contributed by atoms with van der Waals surface area (Å²) in [6, 6.07) is 7.36. The smallest absolute Gasteiger partial charge is 0.125 e. The molecule has 1 atom stereocenters. The Morgan fingerprint density at radius 1 is 1.54 bits per heavy atom. The lowest BCUT2D eigenvalue weighted by Gasteiger charge is -2.06. The van der Waals surface area contributed by atoms with Crippen LogP contribution in [0, 0.1) is 0 Å². The minimum Gasteiger partial charge on any atom is -0.242 e. The Hall–Kier alpha value is -0.630. The van der Waals surface area contributed by atoms with Crippen molar-refractivity contribution in [3.05, 3.63) is 47.0 Å². The van der Waals surface area contributed by atoms with Crippen molar-refractivity contribution in [1.82, 2.24) is 0 Å². The summed E-state index contributed by atoms with van der Waals surface area (Å²) in [5, 5.41) is 0. The van der Waals surface area contributed by atoms with E-state index in [1.54, 1.807) is 12.1 Å². The lowest BCUT2D eigenvalue weighted by atomic mass is 10.1. The van der Waals surface area contributed by atoms with Gasteiger partial charge in [0.1, 0.15) is 6.17 Å². The number of hydrogen-bond donors (Lipinski definition) is 0. The summed E-state index contributed by atoms with van der Waals surface area (Å²) in [5.41, 5.74) is 0.733. The van der Waals surface area contributed by atoms with Crippen molar-refractivity contribution in [1.29, 1.82) is 0 Å². The molecule has 0 amide bonds. The van der Waals surface area contributed by atoms with Gasteiger partial charge in [-0.15, -0.1) is 6.58 Å². The first-order valence-corrected chi connectivity index (χ1v) is 5.03. The molecule has 0 radical (unpaired) electrons. The highest BCUT2D eigenvalue weighted by Crippen LogP contribution is 2.25. The number of alkyl halides is 1. The molecule has 0 aromatic heterocycles. The standard InChI is InChI=1S/C11H12BrF/c1-2-3-7-11(13)9-5-4-6-10(12)8-9/h2,4-6,8,11H,1,3,7H2/t11-/m1/s1. The molecule has 0 saturated heterocycles. The van der Waals surface area contributed by atoms with E-state index >= 15 is 0 Å². The number of halogens is 2. The lowest BCUT2D eigenvalue weighted by molar-refractivity contribution is 0.325. The summed E-state index contributed by atoms with van der Waals surface area (Å²) >= 11 is 3.31. The molecule has 1 rings (SSSR count). The van der Waals surface area contributed by atoms with Crippen LogP contribution in [0.15, 0.2) is 41.4 Å². The molecular weight excluding hydrogens is 231 g/mol. The predicted molar refractivity (Wildman–Crippen MR) is 57.4 cm³/mol. The molecule has 1 aromatic carbocycles. The molecule has 0 heterocycles. The summed E-state index contributed by atoms with van der Waals surface area (Å²) in [5.74, 6) is 0. The van der Waals surface area contributed by atoms with Gasteiger partial charge in [-0.25, -0.2) is 4.39 Å². The number of benzene rings is 1. The van der Waals surface area contributed by atoms with E-state index in [-0.39, 0.29) is 0 Å². The van der Waals surface area contributed by atoms with Crippen molar-refractivity contribution in [2.75, 3.05) is 0 Å². The fourth-order valence-electron chi connectivity index (χ4n) is 1.13. The van der Waals surface area contributed by atoms with E-state index in [4.69, 9.17) is 0 Å². The van der Waals surface area contributed by atoms with Gasteiger partial charge in [0.05, 0.1) is 0 Å². The van der Waals surface area contributed by atoms with Crippen LogP contribution in [0.2, 0.25) is 0 Å². The van der Waals surface area contributed by atoms with Gasteiger partial charge in [0.15, 0.2) is 0 Å². The zero-order valence-electron chi connectivity index (χ0n) is 7.34. The molecule has 1 aromatic rings. The van der Waals surface area contributed by atoms with Gasteiger partial charge in [-0.3, -0.25) is 0 Å². The molecule has 0 unspecified atom stereocenters. The van der Waals surface area contributed by atoms with Crippen LogP contribution >= 0.6 is 15.9 Å². The monoisotopic (exact) mass is 242 g/mol. The Morgan fingerprint density at radius 2 is 2.31 bits per heavy atom. The molecule has 0 nitrogen and oxygen atoms in total. The van der Waals surface area contributed by atoms with E-state index in [2.05, 4.69) is 22.5 Å². The third-order valence-corrected chi connectivity index (χ3v) is 2.33. The molecule has 13 heavy (non-hydrogen) atoms. The molecule has 0 aliphatic carbocycles. The average Bonchev–Trinajstić information content (AvgIpc) is 2.14. The summed E-state index contributed by atoms with van der Waals surface area (Å²) < 4.78 is 14.4. The largest absolute Gasteiger partial charge is 0.242 e. The second-order valence-corrected chi connectivity index (χ2v) is 3.80. The molecule has 2 heteroatoms. The van der Waals surface area contributed by atoms with Crippen molar-refractivity contribution < 1.29 is 4.39 Å². The molecule has 70 valence electrons. The molecule has 0 spiro atoms. The third-order valence-electron chi connectivity index (χ3n) is 1.83. The van der Waals surface area contributed by atoms with Gasteiger partial charge >= 0.3 is 0 Å². The highest BCUT2D eigenvalue weighted by Gasteiger charge is 2.07. The maximum absolute atomic E-state index is 13.4. The average molecular weight is 243 g/mol. The molecular formula is C11H12BrF. The predicted octanol–water partition coefficient (Wildman–Crippen LogP) is 4.43. The second kappa shape index (κ2) is 5.18. The van der Waals surface area contributed by atoms with E-state index in [0.29, 0.717) is 12.8 Å². The first kappa shape index (κ1) is 10.5. The van der Waals surface area contributed by atoms with Gasteiger partial charge in [0.25, 0.3) is 0 Å². The van der Waals surface area contributed by atoms with Crippen LogP contribution < -0.4 is 0 Å². The van der Waals surface area contributed by atoms with E-state index in [1.165, 1.54) is 0 Å². The minimum absolute atomic E-state index is 0.514. The Labute approximate surface area is 86.6 Å². The van der Waals surface area contributed by atoms with Gasteiger partial charge in [-0.2, -0.15) is 0 Å². The van der Waals surface area contributed by atoms with Crippen molar-refractivity contribution in [2.24, 2.45) is 0 Å². The Balaban J connectivity index is 2.65. The zero-order valence-corrected chi connectivity index (χ0v) is 8.93. The zero-order chi connectivity index (χ0) is 9.68. The molecule has 0 saturated carbocycles. The van der Waals surface area contributed by atoms with Crippen LogP contribution in [0.3, 0.4) is 0 Å². The quantitative estimate of drug-likeness (QED) is 0.686. The van der Waals surface area contributed by atoms with Crippen molar-refractivity contribution >= 4 is 15.9 Å². The first-order chi connectivity index (χ1) is 6.24. The van der Waals surface area contributed by atoms with Gasteiger partial charge in [-0.05, 0) is 30.5 Å².